The molecule has 2 aromatic carbocycles. The van der Waals surface area contributed by atoms with Crippen molar-refractivity contribution in [1.82, 2.24) is 10.2 Å². The molecular formula is C24H25ClIN3O4. The number of carbonyl (C=O) groups excluding carboxylic acids is 3. The number of carbonyl (C=O) groups is 3. The second-order valence-corrected chi connectivity index (χ2v) is 10.4. The van der Waals surface area contributed by atoms with Gasteiger partial charge in [-0.1, -0.05) is 37.6 Å². The molecule has 4 rings (SSSR count). The van der Waals surface area contributed by atoms with Gasteiger partial charge in [-0.05, 0) is 83.2 Å². The molecule has 0 radical (unpaired) electrons. The van der Waals surface area contributed by atoms with Crippen LogP contribution in [0.25, 0.3) is 0 Å². The van der Waals surface area contributed by atoms with E-state index in [1.807, 2.05) is 6.07 Å². The molecule has 2 atom stereocenters. The molecule has 9 heteroatoms. The Labute approximate surface area is 211 Å². The Hall–Kier alpha value is -2.33. The van der Waals surface area contributed by atoms with Crippen LogP contribution < -0.4 is 15.4 Å². The molecular weight excluding hydrogens is 557 g/mol. The molecule has 1 saturated carbocycles. The number of hydrogen-bond donors (Lipinski definition) is 2. The Morgan fingerprint density at radius 1 is 1.21 bits per heavy atom. The smallest absolute Gasteiger partial charge is 0.325 e. The molecule has 7 nitrogen and oxygen atoms in total. The van der Waals surface area contributed by atoms with Gasteiger partial charge in [0.1, 0.15) is 17.8 Å². The summed E-state index contributed by atoms with van der Waals surface area (Å²) in [7, 11) is 0. The van der Waals surface area contributed by atoms with E-state index in [4.69, 9.17) is 16.3 Å². The van der Waals surface area contributed by atoms with Crippen molar-refractivity contribution in [3.05, 3.63) is 56.6 Å². The Kier molecular flexibility index (Phi) is 7.13. The first kappa shape index (κ1) is 23.8. The lowest BCUT2D eigenvalue weighted by Gasteiger charge is -2.27. The zero-order valence-electron chi connectivity index (χ0n) is 18.3. The maximum absolute atomic E-state index is 13.2. The Balaban J connectivity index is 1.49. The van der Waals surface area contributed by atoms with Crippen LogP contribution in [0.2, 0.25) is 5.02 Å². The van der Waals surface area contributed by atoms with Crippen molar-refractivity contribution in [3.8, 4) is 5.75 Å². The fraction of sp³-hybridized carbons (Fsp3) is 0.375. The zero-order chi connectivity index (χ0) is 23.7. The summed E-state index contributed by atoms with van der Waals surface area (Å²) in [4.78, 5) is 40.2. The molecule has 0 bridgehead atoms. The fourth-order valence-electron chi connectivity index (χ4n) is 3.75. The number of urea groups is 1. The summed E-state index contributed by atoms with van der Waals surface area (Å²) in [5.74, 6) is 0.130. The van der Waals surface area contributed by atoms with Gasteiger partial charge in [-0.15, -0.1) is 0 Å². The number of imide groups is 1. The number of nitrogens with one attached hydrogen (secondary N) is 2. The summed E-state index contributed by atoms with van der Waals surface area (Å²) in [6, 6.07) is 9.93. The molecule has 1 heterocycles. The van der Waals surface area contributed by atoms with Gasteiger partial charge in [0, 0.05) is 3.57 Å². The Morgan fingerprint density at radius 2 is 1.91 bits per heavy atom. The van der Waals surface area contributed by atoms with Gasteiger partial charge >= 0.3 is 6.03 Å². The van der Waals surface area contributed by atoms with Crippen molar-refractivity contribution in [2.24, 2.45) is 11.8 Å². The molecule has 2 aromatic rings. The van der Waals surface area contributed by atoms with Crippen LogP contribution in [0.3, 0.4) is 0 Å². The molecule has 2 N–H and O–H groups in total. The average molecular weight is 582 g/mol. The number of ether oxygens (including phenoxy) is 1. The van der Waals surface area contributed by atoms with E-state index in [1.54, 1.807) is 50.2 Å². The average Bonchev–Trinajstić information content (AvgIpc) is 3.55. The lowest BCUT2D eigenvalue weighted by Crippen LogP contribution is -2.50. The molecule has 0 aromatic heterocycles. The third-order valence-corrected chi connectivity index (χ3v) is 6.72. The Bertz CT molecular complexity index is 1070. The summed E-state index contributed by atoms with van der Waals surface area (Å²) in [6.45, 7) is 4.28. The van der Waals surface area contributed by atoms with Crippen molar-refractivity contribution >= 4 is 57.7 Å². The minimum Gasteiger partial charge on any atom is -0.493 e. The quantitative estimate of drug-likeness (QED) is 0.340. The van der Waals surface area contributed by atoms with E-state index in [2.05, 4.69) is 33.2 Å². The summed E-state index contributed by atoms with van der Waals surface area (Å²) < 4.78 is 6.67. The van der Waals surface area contributed by atoms with Gasteiger partial charge in [0.25, 0.3) is 5.91 Å². The maximum Gasteiger partial charge on any atom is 0.325 e. The second-order valence-electron chi connectivity index (χ2n) is 8.72. The van der Waals surface area contributed by atoms with E-state index in [0.717, 1.165) is 14.2 Å². The highest BCUT2D eigenvalue weighted by Gasteiger charge is 2.46. The van der Waals surface area contributed by atoms with Gasteiger partial charge in [-0.3, -0.25) is 9.59 Å². The first-order chi connectivity index (χ1) is 15.7. The van der Waals surface area contributed by atoms with Crippen LogP contribution in [-0.2, 0) is 9.59 Å². The summed E-state index contributed by atoms with van der Waals surface area (Å²) in [5, 5.41) is 5.86. The van der Waals surface area contributed by atoms with Crippen molar-refractivity contribution in [2.45, 2.75) is 38.8 Å². The van der Waals surface area contributed by atoms with Crippen LogP contribution >= 0.6 is 34.2 Å². The van der Waals surface area contributed by atoms with Gasteiger partial charge in [0.15, 0.2) is 0 Å². The number of hydrogen-bond acceptors (Lipinski definition) is 4. The molecule has 0 spiro atoms. The second kappa shape index (κ2) is 9.89. The minimum absolute atomic E-state index is 0.306. The topological polar surface area (TPSA) is 87.7 Å². The normalized spacial score (nSPS) is 18.9. The van der Waals surface area contributed by atoms with Crippen LogP contribution in [0.15, 0.2) is 42.5 Å². The van der Waals surface area contributed by atoms with E-state index in [0.29, 0.717) is 28.8 Å². The highest BCUT2D eigenvalue weighted by atomic mass is 127. The third-order valence-electron chi connectivity index (χ3n) is 5.73. The van der Waals surface area contributed by atoms with Crippen molar-refractivity contribution in [3.63, 3.8) is 0 Å². The fourth-order valence-corrected chi connectivity index (χ4v) is 4.66. The summed E-state index contributed by atoms with van der Waals surface area (Å²) in [5.41, 5.74) is 1.07. The maximum atomic E-state index is 13.2. The van der Waals surface area contributed by atoms with Gasteiger partial charge in [-0.2, -0.15) is 0 Å². The molecule has 33 heavy (non-hydrogen) atoms. The highest BCUT2D eigenvalue weighted by molar-refractivity contribution is 14.1. The third kappa shape index (κ3) is 5.43. The molecule has 1 aliphatic heterocycles. The molecule has 4 amide bonds. The number of amides is 4. The van der Waals surface area contributed by atoms with Crippen LogP contribution in [0.1, 0.15) is 38.3 Å². The van der Waals surface area contributed by atoms with E-state index in [9.17, 15) is 14.4 Å². The van der Waals surface area contributed by atoms with Gasteiger partial charge in [0.2, 0.25) is 5.91 Å². The highest BCUT2D eigenvalue weighted by Crippen LogP contribution is 2.31. The van der Waals surface area contributed by atoms with E-state index >= 15 is 0 Å². The van der Waals surface area contributed by atoms with Crippen LogP contribution in [0.4, 0.5) is 10.5 Å². The molecule has 2 aliphatic rings. The number of nitrogens with zero attached hydrogens (tertiary/aromatic N) is 1. The van der Waals surface area contributed by atoms with Crippen LogP contribution in [0, 0.1) is 15.4 Å². The molecule has 1 saturated heterocycles. The lowest BCUT2D eigenvalue weighted by molar-refractivity contribution is -0.135. The van der Waals surface area contributed by atoms with Crippen LogP contribution in [-0.4, -0.2) is 35.4 Å². The Morgan fingerprint density at radius 3 is 2.52 bits per heavy atom. The predicted molar refractivity (Wildman–Crippen MR) is 134 cm³/mol. The largest absolute Gasteiger partial charge is 0.493 e. The summed E-state index contributed by atoms with van der Waals surface area (Å²) in [6.07, 6.45) is 2.41. The van der Waals surface area contributed by atoms with Gasteiger partial charge in [0.05, 0.1) is 17.3 Å². The standard InChI is InChI=1S/C24H25ClIN3O4/c1-13(2)21(22(30)27-19-10-7-16(26)11-18(19)25)29-23(31)20(28-24(29)32)15-5-8-17(9-6-15)33-12-14-3-4-14/h5-11,13-14,20-21H,3-4,12H2,1-2H3,(H,27,30)(H,28,32)/t20-,21+/m1/s1. The van der Waals surface area contributed by atoms with Crippen molar-refractivity contribution in [1.29, 1.82) is 0 Å². The SMILES string of the molecule is CC(C)[C@@H](C(=O)Nc1ccc(I)cc1Cl)N1C(=O)N[C@H](c2ccc(OCC3CC3)cc2)C1=O. The monoisotopic (exact) mass is 581 g/mol. The number of anilines is 1. The minimum atomic E-state index is -0.987. The zero-order valence-corrected chi connectivity index (χ0v) is 21.2. The molecule has 0 unspecified atom stereocenters. The number of rotatable bonds is 8. The van der Waals surface area contributed by atoms with Gasteiger partial charge < -0.3 is 15.4 Å². The summed E-state index contributed by atoms with van der Waals surface area (Å²) >= 11 is 8.37. The molecule has 174 valence electrons. The van der Waals surface area contributed by atoms with Crippen molar-refractivity contribution in [2.75, 3.05) is 11.9 Å². The number of halogens is 2. The van der Waals surface area contributed by atoms with E-state index < -0.39 is 29.9 Å². The van der Waals surface area contributed by atoms with Gasteiger partial charge in [-0.25, -0.2) is 9.69 Å². The number of benzene rings is 2. The first-order valence-electron chi connectivity index (χ1n) is 10.9. The van der Waals surface area contributed by atoms with Crippen molar-refractivity contribution < 1.29 is 19.1 Å². The molecule has 1 aliphatic carbocycles. The predicted octanol–water partition coefficient (Wildman–Crippen LogP) is 4.99. The molecule has 2 fully saturated rings. The van der Waals surface area contributed by atoms with Crippen LogP contribution in [0.5, 0.6) is 5.75 Å². The van der Waals surface area contributed by atoms with E-state index in [1.165, 1.54) is 12.8 Å². The van der Waals surface area contributed by atoms with E-state index in [-0.39, 0.29) is 5.92 Å². The lowest BCUT2D eigenvalue weighted by atomic mass is 10.0. The first-order valence-corrected chi connectivity index (χ1v) is 12.3.